The number of hydrogen-bond acceptors (Lipinski definition) is 3. The number of nitrogens with one attached hydrogen (secondary N) is 1. The molecule has 1 fully saturated rings. The van der Waals surface area contributed by atoms with Crippen LogP contribution in [-0.2, 0) is 20.8 Å². The van der Waals surface area contributed by atoms with Crippen LogP contribution in [-0.4, -0.2) is 48.8 Å². The van der Waals surface area contributed by atoms with Gasteiger partial charge in [-0.1, -0.05) is 18.2 Å². The summed E-state index contributed by atoms with van der Waals surface area (Å²) in [5.41, 5.74) is 1.93. The molecule has 3 rings (SSSR count). The summed E-state index contributed by atoms with van der Waals surface area (Å²) < 4.78 is 0. The maximum atomic E-state index is 12.4. The lowest BCUT2D eigenvalue weighted by atomic mass is 10.1. The van der Waals surface area contributed by atoms with Crippen molar-refractivity contribution in [3.63, 3.8) is 0 Å². The number of likely N-dealkylation sites (tertiary alicyclic amines) is 1. The van der Waals surface area contributed by atoms with Crippen molar-refractivity contribution in [2.45, 2.75) is 38.5 Å². The summed E-state index contributed by atoms with van der Waals surface area (Å²) in [7, 11) is 0. The van der Waals surface area contributed by atoms with E-state index in [1.54, 1.807) is 4.90 Å². The molecule has 2 heterocycles. The highest BCUT2D eigenvalue weighted by molar-refractivity contribution is 5.99. The number of amides is 3. The number of hydrogen-bond donors (Lipinski definition) is 1. The van der Waals surface area contributed by atoms with Crippen LogP contribution >= 0.6 is 0 Å². The monoisotopic (exact) mass is 343 g/mol. The largest absolute Gasteiger partial charge is 0.354 e. The molecule has 2 aliphatic rings. The van der Waals surface area contributed by atoms with E-state index in [1.165, 1.54) is 0 Å². The highest BCUT2D eigenvalue weighted by Gasteiger charge is 2.24. The minimum absolute atomic E-state index is 0.00769. The Bertz CT molecular complexity index is 653. The van der Waals surface area contributed by atoms with E-state index in [2.05, 4.69) is 5.32 Å². The fraction of sp³-hybridized carbons (Fsp3) is 0.526. The van der Waals surface area contributed by atoms with Crippen LogP contribution in [0.1, 0.15) is 37.7 Å². The van der Waals surface area contributed by atoms with Crippen LogP contribution in [0, 0.1) is 0 Å². The number of para-hydroxylation sites is 1. The molecule has 0 atom stereocenters. The number of aryl methyl sites for hydroxylation is 1. The molecule has 0 bridgehead atoms. The van der Waals surface area contributed by atoms with Gasteiger partial charge in [0.05, 0.1) is 0 Å². The summed E-state index contributed by atoms with van der Waals surface area (Å²) >= 11 is 0. The van der Waals surface area contributed by atoms with Gasteiger partial charge in [-0.15, -0.1) is 0 Å². The van der Waals surface area contributed by atoms with Gasteiger partial charge >= 0.3 is 0 Å². The summed E-state index contributed by atoms with van der Waals surface area (Å²) in [6.45, 7) is 1.98. The molecule has 0 radical (unpaired) electrons. The average molecular weight is 343 g/mol. The van der Waals surface area contributed by atoms with Gasteiger partial charge in [-0.3, -0.25) is 14.4 Å². The van der Waals surface area contributed by atoms with Gasteiger partial charge in [0, 0.05) is 38.2 Å². The van der Waals surface area contributed by atoms with E-state index >= 15 is 0 Å². The van der Waals surface area contributed by atoms with Crippen molar-refractivity contribution in [2.24, 2.45) is 0 Å². The maximum Gasteiger partial charge on any atom is 0.240 e. The molecule has 0 aromatic heterocycles. The molecule has 0 unspecified atom stereocenters. The van der Waals surface area contributed by atoms with Crippen LogP contribution in [0.4, 0.5) is 5.69 Å². The Hall–Kier alpha value is -2.37. The van der Waals surface area contributed by atoms with Crippen LogP contribution in [0.15, 0.2) is 24.3 Å². The SMILES string of the molecule is O=C(CN1C(=O)CCCc2ccccc21)NCCC(=O)N1CCCC1. The van der Waals surface area contributed by atoms with Crippen LogP contribution in [0.3, 0.4) is 0 Å². The van der Waals surface area contributed by atoms with Gasteiger partial charge in [0.1, 0.15) is 6.54 Å². The third-order valence-electron chi connectivity index (χ3n) is 4.84. The van der Waals surface area contributed by atoms with Gasteiger partial charge < -0.3 is 15.1 Å². The van der Waals surface area contributed by atoms with E-state index in [1.807, 2.05) is 29.2 Å². The van der Waals surface area contributed by atoms with E-state index in [0.717, 1.165) is 50.0 Å². The molecule has 6 nitrogen and oxygen atoms in total. The lowest BCUT2D eigenvalue weighted by Gasteiger charge is -2.22. The summed E-state index contributed by atoms with van der Waals surface area (Å²) in [4.78, 5) is 40.0. The highest BCUT2D eigenvalue weighted by Crippen LogP contribution is 2.26. The van der Waals surface area contributed by atoms with Crippen molar-refractivity contribution in [2.75, 3.05) is 31.1 Å². The third-order valence-corrected chi connectivity index (χ3v) is 4.84. The molecule has 0 aliphatic carbocycles. The zero-order valence-corrected chi connectivity index (χ0v) is 14.5. The van der Waals surface area contributed by atoms with Gasteiger partial charge in [0.15, 0.2) is 0 Å². The summed E-state index contributed by atoms with van der Waals surface area (Å²) in [6.07, 6.45) is 4.55. The van der Waals surface area contributed by atoms with E-state index in [4.69, 9.17) is 0 Å². The zero-order valence-electron chi connectivity index (χ0n) is 14.5. The third kappa shape index (κ3) is 4.38. The number of carbonyl (C=O) groups excluding carboxylic acids is 3. The second kappa shape index (κ2) is 8.14. The van der Waals surface area contributed by atoms with E-state index in [9.17, 15) is 14.4 Å². The lowest BCUT2D eigenvalue weighted by Crippen LogP contribution is -2.41. The van der Waals surface area contributed by atoms with Crippen LogP contribution in [0.5, 0.6) is 0 Å². The molecule has 0 saturated carbocycles. The number of benzene rings is 1. The molecule has 1 aromatic rings. The molecular formula is C19H25N3O3. The number of nitrogens with zero attached hydrogens (tertiary/aromatic N) is 2. The van der Waals surface area contributed by atoms with Crippen LogP contribution in [0.25, 0.3) is 0 Å². The smallest absolute Gasteiger partial charge is 0.240 e. The Morgan fingerprint density at radius 3 is 2.60 bits per heavy atom. The summed E-state index contributed by atoms with van der Waals surface area (Å²) in [6, 6.07) is 7.74. The first-order valence-corrected chi connectivity index (χ1v) is 9.08. The fourth-order valence-electron chi connectivity index (χ4n) is 3.49. The van der Waals surface area contributed by atoms with Crippen LogP contribution < -0.4 is 10.2 Å². The van der Waals surface area contributed by atoms with E-state index < -0.39 is 0 Å². The van der Waals surface area contributed by atoms with Crippen molar-refractivity contribution < 1.29 is 14.4 Å². The van der Waals surface area contributed by atoms with Crippen molar-refractivity contribution in [1.29, 1.82) is 0 Å². The molecule has 6 heteroatoms. The number of carbonyl (C=O) groups is 3. The summed E-state index contributed by atoms with van der Waals surface area (Å²) in [5, 5.41) is 2.78. The molecule has 1 N–H and O–H groups in total. The van der Waals surface area contributed by atoms with Gasteiger partial charge in [-0.05, 0) is 37.3 Å². The molecule has 134 valence electrons. The van der Waals surface area contributed by atoms with Crippen molar-refractivity contribution in [3.05, 3.63) is 29.8 Å². The Morgan fingerprint density at radius 1 is 1.04 bits per heavy atom. The molecule has 25 heavy (non-hydrogen) atoms. The molecular weight excluding hydrogens is 318 g/mol. The predicted octanol–water partition coefficient (Wildman–Crippen LogP) is 1.48. The van der Waals surface area contributed by atoms with Crippen molar-refractivity contribution in [1.82, 2.24) is 10.2 Å². The Kier molecular flexibility index (Phi) is 5.68. The number of rotatable bonds is 5. The average Bonchev–Trinajstić information content (AvgIpc) is 3.10. The Labute approximate surface area is 148 Å². The zero-order chi connectivity index (χ0) is 17.6. The molecule has 1 aromatic carbocycles. The van der Waals surface area contributed by atoms with Gasteiger partial charge in [-0.25, -0.2) is 0 Å². The second-order valence-corrected chi connectivity index (χ2v) is 6.65. The van der Waals surface area contributed by atoms with Crippen LogP contribution in [0.2, 0.25) is 0 Å². The summed E-state index contributed by atoms with van der Waals surface area (Å²) in [5.74, 6) is -0.151. The predicted molar refractivity (Wildman–Crippen MR) is 95.2 cm³/mol. The topological polar surface area (TPSA) is 69.7 Å². The van der Waals surface area contributed by atoms with E-state index in [-0.39, 0.29) is 24.3 Å². The van der Waals surface area contributed by atoms with Crippen molar-refractivity contribution >= 4 is 23.4 Å². The quantitative estimate of drug-likeness (QED) is 0.880. The first kappa shape index (κ1) is 17.5. The minimum Gasteiger partial charge on any atom is -0.354 e. The maximum absolute atomic E-state index is 12.4. The van der Waals surface area contributed by atoms with Gasteiger partial charge in [-0.2, -0.15) is 0 Å². The molecule has 2 aliphatic heterocycles. The minimum atomic E-state index is -0.223. The first-order chi connectivity index (χ1) is 12.1. The second-order valence-electron chi connectivity index (χ2n) is 6.65. The lowest BCUT2D eigenvalue weighted by molar-refractivity contribution is -0.130. The number of fused-ring (bicyclic) bond motifs is 1. The molecule has 3 amide bonds. The van der Waals surface area contributed by atoms with Crippen molar-refractivity contribution in [3.8, 4) is 0 Å². The van der Waals surface area contributed by atoms with Gasteiger partial charge in [0.2, 0.25) is 17.7 Å². The van der Waals surface area contributed by atoms with Gasteiger partial charge in [0.25, 0.3) is 0 Å². The Morgan fingerprint density at radius 2 is 1.80 bits per heavy atom. The first-order valence-electron chi connectivity index (χ1n) is 9.08. The fourth-order valence-corrected chi connectivity index (χ4v) is 3.49. The normalized spacial score (nSPS) is 17.2. The molecule has 0 spiro atoms. The number of anilines is 1. The molecule has 1 saturated heterocycles. The Balaban J connectivity index is 1.53. The highest BCUT2D eigenvalue weighted by atomic mass is 16.2. The van der Waals surface area contributed by atoms with E-state index in [0.29, 0.717) is 19.4 Å². The standard InChI is InChI=1S/C19H25N3O3/c23-17(20-11-10-18(24)21-12-3-4-13-21)14-22-16-8-2-1-6-15(16)7-5-9-19(22)25/h1-2,6,8H,3-5,7,9-14H2,(H,20,23).